The highest BCUT2D eigenvalue weighted by Gasteiger charge is 2.69. The predicted octanol–water partition coefficient (Wildman–Crippen LogP) is 5.56. The maximum atomic E-state index is 13.7. The van der Waals surface area contributed by atoms with E-state index < -0.39 is 11.7 Å². The van der Waals surface area contributed by atoms with Crippen LogP contribution in [0.4, 0.5) is 13.2 Å². The molecule has 1 unspecified atom stereocenters. The predicted molar refractivity (Wildman–Crippen MR) is 136 cm³/mol. The number of alkyl halides is 3. The fourth-order valence-electron chi connectivity index (χ4n) is 6.73. The Morgan fingerprint density at radius 2 is 1.87 bits per heavy atom. The van der Waals surface area contributed by atoms with Gasteiger partial charge in [0.1, 0.15) is 0 Å². The molecule has 1 amide bonds. The lowest BCUT2D eigenvalue weighted by Gasteiger charge is -2.70. The van der Waals surface area contributed by atoms with E-state index in [1.165, 1.54) is 19.2 Å². The SMILES string of the molecule is COC(=O)CC12CC(NC(=O)c3nn(C4CCCCO4)c4cccc(Cc5ccc(C(F)(F)F)cc5)c34)(C1)C2. The fourth-order valence-corrected chi connectivity index (χ4v) is 6.73. The van der Waals surface area contributed by atoms with Gasteiger partial charge in [0.2, 0.25) is 0 Å². The summed E-state index contributed by atoms with van der Waals surface area (Å²) in [5, 5.41) is 8.62. The molecule has 0 radical (unpaired) electrons. The van der Waals surface area contributed by atoms with Gasteiger partial charge in [-0.2, -0.15) is 18.3 Å². The quantitative estimate of drug-likeness (QED) is 0.396. The van der Waals surface area contributed by atoms with Gasteiger partial charge in [-0.1, -0.05) is 24.3 Å². The van der Waals surface area contributed by atoms with Crippen LogP contribution in [-0.4, -0.2) is 40.9 Å². The van der Waals surface area contributed by atoms with Crippen LogP contribution in [0.5, 0.6) is 0 Å². The molecule has 1 N–H and O–H groups in total. The van der Waals surface area contributed by atoms with Gasteiger partial charge in [-0.25, -0.2) is 4.68 Å². The summed E-state index contributed by atoms with van der Waals surface area (Å²) in [6.07, 6.45) is 0.930. The Morgan fingerprint density at radius 3 is 2.51 bits per heavy atom. The van der Waals surface area contributed by atoms with Crippen molar-refractivity contribution in [3.63, 3.8) is 0 Å². The van der Waals surface area contributed by atoms with Crippen molar-refractivity contribution in [1.29, 1.82) is 0 Å². The molecule has 1 saturated heterocycles. The average Bonchev–Trinajstić information content (AvgIpc) is 3.28. The molecule has 1 atom stereocenters. The van der Waals surface area contributed by atoms with Crippen LogP contribution in [0.3, 0.4) is 0 Å². The van der Waals surface area contributed by atoms with Gasteiger partial charge in [-0.05, 0) is 79.7 Å². The standard InChI is InChI=1S/C29H30F3N3O4/c1-38-23(36)14-27-15-28(16-27,17-27)33-26(37)25-24-19(13-18-8-10-20(11-9-18)29(30,31)32)5-4-6-21(24)35(34-25)22-7-2-3-12-39-22/h4-6,8-11,22H,2-3,7,12-17H2,1H3,(H,33,37). The molecule has 2 bridgehead atoms. The van der Waals surface area contributed by atoms with E-state index in [1.807, 2.05) is 18.2 Å². The number of esters is 1. The number of fused-ring (bicyclic) bond motifs is 1. The monoisotopic (exact) mass is 541 g/mol. The molecule has 7 rings (SSSR count). The summed E-state index contributed by atoms with van der Waals surface area (Å²) in [6, 6.07) is 10.8. The molecule has 3 aromatic rings. The maximum absolute atomic E-state index is 13.7. The van der Waals surface area contributed by atoms with Gasteiger partial charge in [-0.3, -0.25) is 9.59 Å². The van der Waals surface area contributed by atoms with Crippen LogP contribution in [0.15, 0.2) is 42.5 Å². The Balaban J connectivity index is 1.31. The number of amides is 1. The van der Waals surface area contributed by atoms with E-state index in [4.69, 9.17) is 14.6 Å². The number of halogens is 3. The summed E-state index contributed by atoms with van der Waals surface area (Å²) < 4.78 is 51.8. The molecule has 10 heteroatoms. The van der Waals surface area contributed by atoms with Crippen LogP contribution < -0.4 is 5.32 Å². The smallest absolute Gasteiger partial charge is 0.416 e. The molecule has 4 aliphatic rings. The summed E-state index contributed by atoms with van der Waals surface area (Å²) in [7, 11) is 1.38. The van der Waals surface area contributed by atoms with Crippen molar-refractivity contribution < 1.29 is 32.2 Å². The maximum Gasteiger partial charge on any atom is 0.416 e. The third kappa shape index (κ3) is 4.68. The van der Waals surface area contributed by atoms with Gasteiger partial charge in [0.25, 0.3) is 5.91 Å². The summed E-state index contributed by atoms with van der Waals surface area (Å²) in [6.45, 7) is 0.615. The Labute approximate surface area is 223 Å². The molecule has 4 fully saturated rings. The van der Waals surface area contributed by atoms with Crippen molar-refractivity contribution in [2.75, 3.05) is 13.7 Å². The number of carbonyl (C=O) groups is 2. The second-order valence-corrected chi connectivity index (χ2v) is 11.3. The van der Waals surface area contributed by atoms with Crippen LogP contribution in [0.1, 0.15) is 78.4 Å². The number of nitrogens with zero attached hydrogens (tertiary/aromatic N) is 2. The van der Waals surface area contributed by atoms with Crippen LogP contribution in [0.25, 0.3) is 10.9 Å². The summed E-state index contributed by atoms with van der Waals surface area (Å²) >= 11 is 0. The molecule has 39 heavy (non-hydrogen) atoms. The van der Waals surface area contributed by atoms with Gasteiger partial charge < -0.3 is 14.8 Å². The molecule has 1 aromatic heterocycles. The van der Waals surface area contributed by atoms with Crippen molar-refractivity contribution in [3.8, 4) is 0 Å². The van der Waals surface area contributed by atoms with Crippen molar-refractivity contribution in [2.45, 2.75) is 69.3 Å². The molecule has 3 saturated carbocycles. The third-order valence-electron chi connectivity index (χ3n) is 8.41. The first-order valence-corrected chi connectivity index (χ1v) is 13.3. The van der Waals surface area contributed by atoms with Gasteiger partial charge in [-0.15, -0.1) is 0 Å². The van der Waals surface area contributed by atoms with Crippen LogP contribution in [0.2, 0.25) is 0 Å². The van der Waals surface area contributed by atoms with Crippen molar-refractivity contribution in [1.82, 2.24) is 15.1 Å². The van der Waals surface area contributed by atoms with E-state index in [2.05, 4.69) is 5.32 Å². The highest BCUT2D eigenvalue weighted by molar-refractivity contribution is 6.06. The molecule has 7 nitrogen and oxygen atoms in total. The second kappa shape index (κ2) is 9.36. The summed E-state index contributed by atoms with van der Waals surface area (Å²) in [5.74, 6) is -0.527. The number of ether oxygens (including phenoxy) is 2. The highest BCUT2D eigenvalue weighted by atomic mass is 19.4. The molecule has 0 spiro atoms. The summed E-state index contributed by atoms with van der Waals surface area (Å²) in [4.78, 5) is 25.4. The van der Waals surface area contributed by atoms with Crippen molar-refractivity contribution in [2.24, 2.45) is 5.41 Å². The third-order valence-corrected chi connectivity index (χ3v) is 8.41. The number of benzene rings is 2. The Kier molecular flexibility index (Phi) is 6.21. The second-order valence-electron chi connectivity index (χ2n) is 11.3. The van der Waals surface area contributed by atoms with E-state index >= 15 is 0 Å². The topological polar surface area (TPSA) is 82.5 Å². The minimum absolute atomic E-state index is 0.0918. The van der Waals surface area contributed by atoms with E-state index in [0.29, 0.717) is 30.4 Å². The Bertz CT molecular complexity index is 1400. The largest absolute Gasteiger partial charge is 0.469 e. The zero-order valence-electron chi connectivity index (χ0n) is 21.6. The highest BCUT2D eigenvalue weighted by Crippen LogP contribution is 2.69. The van der Waals surface area contributed by atoms with Crippen molar-refractivity contribution in [3.05, 3.63) is 64.8 Å². The van der Waals surface area contributed by atoms with E-state index in [0.717, 1.165) is 61.7 Å². The molecule has 3 aliphatic carbocycles. The van der Waals surface area contributed by atoms with Crippen LogP contribution >= 0.6 is 0 Å². The first-order chi connectivity index (χ1) is 18.6. The minimum Gasteiger partial charge on any atom is -0.469 e. The zero-order chi connectivity index (χ0) is 27.4. The molecular formula is C29H30F3N3O4. The number of hydrogen-bond acceptors (Lipinski definition) is 5. The molecule has 2 aromatic carbocycles. The minimum atomic E-state index is -4.40. The molecule has 1 aliphatic heterocycles. The van der Waals surface area contributed by atoms with Gasteiger partial charge in [0.15, 0.2) is 11.9 Å². The zero-order valence-corrected chi connectivity index (χ0v) is 21.6. The number of methoxy groups -OCH3 is 1. The Hall–Kier alpha value is -3.40. The van der Waals surface area contributed by atoms with E-state index in [9.17, 15) is 22.8 Å². The number of nitrogens with one attached hydrogen (secondary N) is 1. The van der Waals surface area contributed by atoms with Crippen molar-refractivity contribution >= 4 is 22.8 Å². The van der Waals surface area contributed by atoms with Gasteiger partial charge in [0.05, 0.1) is 24.6 Å². The number of carbonyl (C=O) groups excluding carboxylic acids is 2. The molecular weight excluding hydrogens is 511 g/mol. The lowest BCUT2D eigenvalue weighted by molar-refractivity contribution is -0.175. The number of rotatable bonds is 7. The normalized spacial score (nSPS) is 26.0. The lowest BCUT2D eigenvalue weighted by atomic mass is 9.38. The average molecular weight is 542 g/mol. The Morgan fingerprint density at radius 1 is 1.13 bits per heavy atom. The van der Waals surface area contributed by atoms with Crippen LogP contribution in [-0.2, 0) is 26.9 Å². The summed E-state index contributed by atoms with van der Waals surface area (Å²) in [5.41, 5.74) is 1.42. The number of aromatic nitrogens is 2. The number of hydrogen-bond donors (Lipinski definition) is 1. The lowest BCUT2D eigenvalue weighted by Crippen LogP contribution is -2.75. The van der Waals surface area contributed by atoms with E-state index in [-0.39, 0.29) is 34.8 Å². The molecule has 2 heterocycles. The van der Waals surface area contributed by atoms with E-state index in [1.54, 1.807) is 4.68 Å². The fraction of sp³-hybridized carbons (Fsp3) is 0.483. The molecule has 206 valence electrons. The first kappa shape index (κ1) is 25.9. The van der Waals surface area contributed by atoms with Crippen LogP contribution in [0, 0.1) is 5.41 Å². The van der Waals surface area contributed by atoms with Gasteiger partial charge >= 0.3 is 12.1 Å². The first-order valence-electron chi connectivity index (χ1n) is 13.3. The van der Waals surface area contributed by atoms with Gasteiger partial charge in [0, 0.05) is 17.5 Å².